The fourth-order valence-electron chi connectivity index (χ4n) is 3.13. The minimum atomic E-state index is -0.798. The fraction of sp³-hybridized carbons (Fsp3) is 0.786. The van der Waals surface area contributed by atoms with Crippen molar-refractivity contribution >= 4 is 5.78 Å². The molecule has 0 amide bonds. The van der Waals surface area contributed by atoms with Crippen LogP contribution in [0.25, 0.3) is 0 Å². The fourth-order valence-corrected chi connectivity index (χ4v) is 3.13. The van der Waals surface area contributed by atoms with Crippen LogP contribution in [-0.4, -0.2) is 17.0 Å². The first-order chi connectivity index (χ1) is 7.35. The van der Waals surface area contributed by atoms with Crippen molar-refractivity contribution in [3.63, 3.8) is 0 Å². The predicted octanol–water partition coefficient (Wildman–Crippen LogP) is 3.10. The van der Waals surface area contributed by atoms with E-state index in [9.17, 15) is 9.90 Å². The van der Waals surface area contributed by atoms with Crippen LogP contribution in [-0.2, 0) is 4.79 Å². The van der Waals surface area contributed by atoms with Gasteiger partial charge in [-0.25, -0.2) is 0 Å². The third-order valence-corrected chi connectivity index (χ3v) is 3.90. The standard InChI is InChI=1S/C14H24O2/c1-6-10(7-2)12-9(3)13(16)11(15)8-14(12,4)5/h10-11,15H,6-8H2,1-5H3. The number of hydrogen-bond donors (Lipinski definition) is 1. The molecule has 1 atom stereocenters. The summed E-state index contributed by atoms with van der Waals surface area (Å²) in [5, 5.41) is 9.74. The topological polar surface area (TPSA) is 37.3 Å². The van der Waals surface area contributed by atoms with Gasteiger partial charge in [0.25, 0.3) is 0 Å². The summed E-state index contributed by atoms with van der Waals surface area (Å²) in [5.74, 6) is 0.410. The first-order valence-electron chi connectivity index (χ1n) is 6.28. The summed E-state index contributed by atoms with van der Waals surface area (Å²) in [5.41, 5.74) is 2.03. The van der Waals surface area contributed by atoms with Gasteiger partial charge in [0.15, 0.2) is 5.78 Å². The highest BCUT2D eigenvalue weighted by atomic mass is 16.3. The SMILES string of the molecule is CCC(CC)C1=C(C)C(=O)C(O)CC1(C)C. The van der Waals surface area contributed by atoms with Gasteiger partial charge in [0.2, 0.25) is 0 Å². The van der Waals surface area contributed by atoms with E-state index >= 15 is 0 Å². The summed E-state index contributed by atoms with van der Waals surface area (Å²) in [6.45, 7) is 10.5. The first kappa shape index (κ1) is 13.4. The summed E-state index contributed by atoms with van der Waals surface area (Å²) >= 11 is 0. The minimum absolute atomic E-state index is 0.0475. The van der Waals surface area contributed by atoms with Gasteiger partial charge in [0.05, 0.1) is 0 Å². The number of aliphatic hydroxyl groups is 1. The molecule has 0 fully saturated rings. The number of allylic oxidation sites excluding steroid dienone is 1. The number of hydrogen-bond acceptors (Lipinski definition) is 2. The zero-order valence-electron chi connectivity index (χ0n) is 11.1. The molecule has 0 saturated carbocycles. The van der Waals surface area contributed by atoms with Gasteiger partial charge in [-0.2, -0.15) is 0 Å². The molecule has 2 nitrogen and oxygen atoms in total. The van der Waals surface area contributed by atoms with Gasteiger partial charge in [0, 0.05) is 0 Å². The molecular formula is C14H24O2. The molecule has 0 aliphatic heterocycles. The van der Waals surface area contributed by atoms with Gasteiger partial charge in [-0.05, 0) is 43.1 Å². The average Bonchev–Trinajstić information content (AvgIpc) is 2.20. The Labute approximate surface area is 98.7 Å². The highest BCUT2D eigenvalue weighted by molar-refractivity contribution is 6.00. The van der Waals surface area contributed by atoms with Crippen LogP contribution in [0.2, 0.25) is 0 Å². The van der Waals surface area contributed by atoms with Gasteiger partial charge in [-0.15, -0.1) is 0 Å². The number of carbonyl (C=O) groups is 1. The van der Waals surface area contributed by atoms with Crippen molar-refractivity contribution in [1.82, 2.24) is 0 Å². The van der Waals surface area contributed by atoms with E-state index in [0.29, 0.717) is 12.3 Å². The minimum Gasteiger partial charge on any atom is -0.385 e. The molecule has 1 rings (SSSR count). The Morgan fingerprint density at radius 3 is 2.31 bits per heavy atom. The summed E-state index contributed by atoms with van der Waals surface area (Å²) < 4.78 is 0. The second-order valence-electron chi connectivity index (χ2n) is 5.52. The monoisotopic (exact) mass is 224 g/mol. The molecule has 0 aromatic heterocycles. The van der Waals surface area contributed by atoms with E-state index in [1.54, 1.807) is 0 Å². The number of aliphatic hydroxyl groups excluding tert-OH is 1. The van der Waals surface area contributed by atoms with Gasteiger partial charge in [-0.3, -0.25) is 4.79 Å². The van der Waals surface area contributed by atoms with E-state index in [2.05, 4.69) is 27.7 Å². The second-order valence-corrected chi connectivity index (χ2v) is 5.52. The number of Topliss-reactive ketones (excluding diaryl/α,β-unsaturated/α-hetero) is 1. The predicted molar refractivity (Wildman–Crippen MR) is 66.2 cm³/mol. The molecule has 16 heavy (non-hydrogen) atoms. The molecule has 0 heterocycles. The van der Waals surface area contributed by atoms with Crippen LogP contribution in [0.15, 0.2) is 11.1 Å². The third-order valence-electron chi connectivity index (χ3n) is 3.90. The smallest absolute Gasteiger partial charge is 0.186 e. The lowest BCUT2D eigenvalue weighted by Gasteiger charge is -2.39. The van der Waals surface area contributed by atoms with Crippen LogP contribution >= 0.6 is 0 Å². The molecule has 0 radical (unpaired) electrons. The Kier molecular flexibility index (Phi) is 3.95. The van der Waals surface area contributed by atoms with E-state index in [0.717, 1.165) is 18.4 Å². The van der Waals surface area contributed by atoms with Crippen molar-refractivity contribution in [2.75, 3.05) is 0 Å². The van der Waals surface area contributed by atoms with E-state index in [1.165, 1.54) is 5.57 Å². The van der Waals surface area contributed by atoms with Crippen LogP contribution in [0.4, 0.5) is 0 Å². The Balaban J connectivity index is 3.23. The van der Waals surface area contributed by atoms with E-state index in [1.807, 2.05) is 6.92 Å². The lowest BCUT2D eigenvalue weighted by atomic mass is 9.66. The average molecular weight is 224 g/mol. The summed E-state index contributed by atoms with van der Waals surface area (Å²) in [6.07, 6.45) is 1.90. The van der Waals surface area contributed by atoms with E-state index in [-0.39, 0.29) is 11.2 Å². The molecule has 2 heteroatoms. The van der Waals surface area contributed by atoms with Gasteiger partial charge in [0.1, 0.15) is 6.10 Å². The summed E-state index contributed by atoms with van der Waals surface area (Å²) in [4.78, 5) is 11.9. The van der Waals surface area contributed by atoms with E-state index in [4.69, 9.17) is 0 Å². The number of carbonyl (C=O) groups excluding carboxylic acids is 1. The van der Waals surface area contributed by atoms with Crippen molar-refractivity contribution < 1.29 is 9.90 Å². The van der Waals surface area contributed by atoms with Gasteiger partial charge >= 0.3 is 0 Å². The Bertz CT molecular complexity index is 309. The normalized spacial score (nSPS) is 25.4. The summed E-state index contributed by atoms with van der Waals surface area (Å²) in [7, 11) is 0. The molecule has 0 saturated heterocycles. The molecule has 1 unspecified atom stereocenters. The molecule has 1 N–H and O–H groups in total. The van der Waals surface area contributed by atoms with Crippen molar-refractivity contribution in [3.8, 4) is 0 Å². The largest absolute Gasteiger partial charge is 0.385 e. The number of rotatable bonds is 3. The molecule has 0 spiro atoms. The van der Waals surface area contributed by atoms with Gasteiger partial charge < -0.3 is 5.11 Å². The summed E-state index contributed by atoms with van der Waals surface area (Å²) in [6, 6.07) is 0. The zero-order valence-corrected chi connectivity index (χ0v) is 11.1. The molecule has 92 valence electrons. The molecule has 0 bridgehead atoms. The van der Waals surface area contributed by atoms with Crippen LogP contribution < -0.4 is 0 Å². The van der Waals surface area contributed by atoms with Crippen molar-refractivity contribution in [1.29, 1.82) is 0 Å². The van der Waals surface area contributed by atoms with Crippen molar-refractivity contribution in [3.05, 3.63) is 11.1 Å². The quantitative estimate of drug-likeness (QED) is 0.799. The first-order valence-corrected chi connectivity index (χ1v) is 6.28. The highest BCUT2D eigenvalue weighted by Gasteiger charge is 2.39. The Morgan fingerprint density at radius 2 is 1.88 bits per heavy atom. The molecular weight excluding hydrogens is 200 g/mol. The lowest BCUT2D eigenvalue weighted by Crippen LogP contribution is -2.38. The number of ketones is 1. The van der Waals surface area contributed by atoms with Crippen LogP contribution in [0.1, 0.15) is 53.9 Å². The van der Waals surface area contributed by atoms with Crippen LogP contribution in [0, 0.1) is 11.3 Å². The van der Waals surface area contributed by atoms with Gasteiger partial charge in [-0.1, -0.05) is 33.3 Å². The molecule has 0 aromatic carbocycles. The van der Waals surface area contributed by atoms with E-state index < -0.39 is 6.10 Å². The highest BCUT2D eigenvalue weighted by Crippen LogP contribution is 2.44. The van der Waals surface area contributed by atoms with Crippen LogP contribution in [0.3, 0.4) is 0 Å². The van der Waals surface area contributed by atoms with Crippen LogP contribution in [0.5, 0.6) is 0 Å². The molecule has 1 aliphatic rings. The Morgan fingerprint density at radius 1 is 1.38 bits per heavy atom. The van der Waals surface area contributed by atoms with Crippen molar-refractivity contribution in [2.24, 2.45) is 11.3 Å². The zero-order chi connectivity index (χ0) is 12.5. The molecule has 0 aromatic rings. The maximum absolute atomic E-state index is 11.9. The molecule has 1 aliphatic carbocycles. The van der Waals surface area contributed by atoms with Crippen molar-refractivity contribution in [2.45, 2.75) is 60.0 Å². The third kappa shape index (κ3) is 2.22. The second kappa shape index (κ2) is 4.70. The Hall–Kier alpha value is -0.630. The maximum Gasteiger partial charge on any atom is 0.186 e. The maximum atomic E-state index is 11.9. The lowest BCUT2D eigenvalue weighted by molar-refractivity contribution is -0.125.